The minimum Gasteiger partial charge on any atom is -0.366 e. The molecule has 1 amide bonds. The van der Waals surface area contributed by atoms with Crippen molar-refractivity contribution in [2.75, 3.05) is 16.0 Å². The third-order valence-corrected chi connectivity index (χ3v) is 6.93. The summed E-state index contributed by atoms with van der Waals surface area (Å²) in [6.07, 6.45) is 5.07. The summed E-state index contributed by atoms with van der Waals surface area (Å²) < 4.78 is 0.771. The molecule has 0 radical (unpaired) electrons. The van der Waals surface area contributed by atoms with Crippen molar-refractivity contribution in [2.24, 2.45) is 5.73 Å². The van der Waals surface area contributed by atoms with Crippen LogP contribution in [-0.2, 0) is 17.6 Å². The highest BCUT2D eigenvalue weighted by atomic mass is 79.9. The quantitative estimate of drug-likeness (QED) is 0.137. The highest BCUT2D eigenvalue weighted by molar-refractivity contribution is 9.10. The number of benzene rings is 3. The van der Waals surface area contributed by atoms with Crippen molar-refractivity contribution in [3.63, 3.8) is 0 Å². The molecule has 0 bridgehead atoms. The largest absolute Gasteiger partial charge is 0.366 e. The van der Waals surface area contributed by atoms with Gasteiger partial charge in [0.25, 0.3) is 0 Å². The zero-order valence-corrected chi connectivity index (χ0v) is 23.1. The number of anilines is 4. The van der Waals surface area contributed by atoms with Crippen LogP contribution < -0.4 is 21.7 Å². The number of nitrogens with two attached hydrogens (primary N) is 1. The first kappa shape index (κ1) is 26.4. The number of nitrogens with zero attached hydrogens (tertiary/aromatic N) is 2. The van der Waals surface area contributed by atoms with Gasteiger partial charge in [-0.25, -0.2) is 4.98 Å². The lowest BCUT2D eigenvalue weighted by Crippen LogP contribution is -2.37. The summed E-state index contributed by atoms with van der Waals surface area (Å²) in [6.45, 7) is 2.12. The predicted octanol–water partition coefficient (Wildman–Crippen LogP) is 6.02. The van der Waals surface area contributed by atoms with Crippen LogP contribution in [0.2, 0.25) is 0 Å². The van der Waals surface area contributed by atoms with Crippen molar-refractivity contribution in [3.05, 3.63) is 107 Å². The first-order valence-corrected chi connectivity index (χ1v) is 13.6. The van der Waals surface area contributed by atoms with Crippen LogP contribution in [0.15, 0.2) is 95.7 Å². The summed E-state index contributed by atoms with van der Waals surface area (Å²) in [5.41, 5.74) is 10.9. The lowest BCUT2D eigenvalue weighted by atomic mass is 10.1. The summed E-state index contributed by atoms with van der Waals surface area (Å²) in [5, 5.41) is 10.8. The third kappa shape index (κ3) is 6.81. The number of hydrogen-bond acceptors (Lipinski definition) is 6. The van der Waals surface area contributed by atoms with Crippen LogP contribution in [0.25, 0.3) is 10.9 Å². The molecule has 2 heterocycles. The number of amides is 1. The number of para-hydroxylation sites is 1. The van der Waals surface area contributed by atoms with Gasteiger partial charge in [0.15, 0.2) is 0 Å². The second-order valence-corrected chi connectivity index (χ2v) is 10.3. The number of aromatic nitrogens is 3. The van der Waals surface area contributed by atoms with E-state index in [4.69, 9.17) is 5.73 Å². The molecule has 9 heteroatoms. The van der Waals surface area contributed by atoms with Gasteiger partial charge in [-0.3, -0.25) is 4.79 Å². The van der Waals surface area contributed by atoms with E-state index in [2.05, 4.69) is 78.2 Å². The molecule has 5 aromatic rings. The summed E-state index contributed by atoms with van der Waals surface area (Å²) in [6, 6.07) is 24.9. The highest BCUT2D eigenvalue weighted by Gasteiger charge is 2.15. The van der Waals surface area contributed by atoms with E-state index in [1.807, 2.05) is 60.7 Å². The van der Waals surface area contributed by atoms with Gasteiger partial charge in [-0.2, -0.15) is 4.98 Å². The van der Waals surface area contributed by atoms with Gasteiger partial charge in [0.05, 0.1) is 10.5 Å². The van der Waals surface area contributed by atoms with Crippen LogP contribution in [0.3, 0.4) is 0 Å². The van der Waals surface area contributed by atoms with Gasteiger partial charge in [0, 0.05) is 40.7 Å². The average Bonchev–Trinajstić information content (AvgIpc) is 3.34. The highest BCUT2D eigenvalue weighted by Crippen LogP contribution is 2.25. The molecule has 0 spiro atoms. The molecule has 0 aliphatic heterocycles. The second-order valence-electron chi connectivity index (χ2n) is 9.49. The summed E-state index contributed by atoms with van der Waals surface area (Å²) in [4.78, 5) is 25.1. The molecule has 8 nitrogen and oxygen atoms in total. The number of carbonyl (C=O) groups excluding carboxylic acids is 1. The number of aromatic amines is 1. The monoisotopic (exact) mass is 583 g/mol. The maximum absolute atomic E-state index is 12.7. The van der Waals surface area contributed by atoms with Gasteiger partial charge in [0.2, 0.25) is 11.9 Å². The Balaban J connectivity index is 1.22. The van der Waals surface area contributed by atoms with Crippen molar-refractivity contribution in [1.82, 2.24) is 15.0 Å². The molecular weight excluding hydrogens is 554 g/mol. The number of fused-ring (bicyclic) bond motifs is 1. The summed E-state index contributed by atoms with van der Waals surface area (Å²) >= 11 is 3.56. The van der Waals surface area contributed by atoms with Crippen LogP contribution in [0.4, 0.5) is 23.1 Å². The lowest BCUT2D eigenvalue weighted by Gasteiger charge is -2.16. The first-order chi connectivity index (χ1) is 18.9. The molecule has 3 aromatic carbocycles. The number of rotatable bonds is 10. The average molecular weight is 585 g/mol. The van der Waals surface area contributed by atoms with Crippen molar-refractivity contribution in [2.45, 2.75) is 31.8 Å². The molecule has 2 aromatic heterocycles. The number of carbonyl (C=O) groups is 1. The Morgan fingerprint density at radius 2 is 1.77 bits per heavy atom. The molecule has 0 fully saturated rings. The second kappa shape index (κ2) is 12.1. The van der Waals surface area contributed by atoms with Gasteiger partial charge >= 0.3 is 0 Å². The van der Waals surface area contributed by atoms with Crippen molar-refractivity contribution in [3.8, 4) is 0 Å². The van der Waals surface area contributed by atoms with E-state index in [0.29, 0.717) is 23.9 Å². The van der Waals surface area contributed by atoms with E-state index in [0.717, 1.165) is 27.7 Å². The molecule has 0 aliphatic rings. The van der Waals surface area contributed by atoms with Crippen LogP contribution in [0.1, 0.15) is 18.1 Å². The predicted molar refractivity (Wildman–Crippen MR) is 161 cm³/mol. The smallest absolute Gasteiger partial charge is 0.241 e. The number of H-pyrrole nitrogens is 1. The Morgan fingerprint density at radius 3 is 2.62 bits per heavy atom. The van der Waals surface area contributed by atoms with E-state index >= 15 is 0 Å². The number of halogens is 1. The Labute approximate surface area is 235 Å². The van der Waals surface area contributed by atoms with Crippen molar-refractivity contribution in [1.29, 1.82) is 0 Å². The maximum Gasteiger partial charge on any atom is 0.241 e. The molecule has 39 heavy (non-hydrogen) atoms. The van der Waals surface area contributed by atoms with E-state index in [9.17, 15) is 4.79 Å². The Bertz CT molecular complexity index is 1570. The maximum atomic E-state index is 12.7. The van der Waals surface area contributed by atoms with E-state index in [1.54, 1.807) is 6.20 Å². The van der Waals surface area contributed by atoms with E-state index in [-0.39, 0.29) is 11.9 Å². The number of nitrogens with one attached hydrogen (secondary N) is 4. The summed E-state index contributed by atoms with van der Waals surface area (Å²) in [7, 11) is 0. The normalized spacial score (nSPS) is 12.6. The molecular formula is C30H30BrN7O. The van der Waals surface area contributed by atoms with Crippen LogP contribution in [-0.4, -0.2) is 32.9 Å². The minimum atomic E-state index is -0.654. The van der Waals surface area contributed by atoms with Crippen molar-refractivity contribution < 1.29 is 4.79 Å². The van der Waals surface area contributed by atoms with Gasteiger partial charge in [0.1, 0.15) is 5.82 Å². The zero-order chi connectivity index (χ0) is 27.2. The fourth-order valence-electron chi connectivity index (χ4n) is 4.44. The van der Waals surface area contributed by atoms with E-state index in [1.165, 1.54) is 10.9 Å². The minimum absolute atomic E-state index is 0.127. The molecule has 198 valence electrons. The molecule has 0 saturated carbocycles. The van der Waals surface area contributed by atoms with Gasteiger partial charge in [-0.15, -0.1) is 0 Å². The molecule has 0 saturated heterocycles. The zero-order valence-electron chi connectivity index (χ0n) is 21.5. The van der Waals surface area contributed by atoms with Crippen molar-refractivity contribution >= 4 is 55.9 Å². The molecule has 0 aliphatic carbocycles. The topological polar surface area (TPSA) is 121 Å². The Kier molecular flexibility index (Phi) is 8.19. The van der Waals surface area contributed by atoms with Crippen LogP contribution in [0.5, 0.6) is 0 Å². The van der Waals surface area contributed by atoms with Gasteiger partial charge in [-0.1, -0.05) is 54.6 Å². The van der Waals surface area contributed by atoms with Crippen LogP contribution in [0, 0.1) is 0 Å². The summed E-state index contributed by atoms with van der Waals surface area (Å²) in [5.74, 6) is 0.881. The van der Waals surface area contributed by atoms with Gasteiger partial charge in [-0.05, 0) is 71.1 Å². The lowest BCUT2D eigenvalue weighted by molar-refractivity contribution is -0.117. The molecule has 6 N–H and O–H groups in total. The number of hydrogen-bond donors (Lipinski definition) is 5. The molecule has 5 rings (SSSR count). The van der Waals surface area contributed by atoms with E-state index < -0.39 is 6.04 Å². The van der Waals surface area contributed by atoms with Gasteiger partial charge < -0.3 is 26.7 Å². The van der Waals surface area contributed by atoms with Crippen LogP contribution >= 0.6 is 15.9 Å². The fraction of sp³-hybridized carbons (Fsp3) is 0.167. The fourth-order valence-corrected chi connectivity index (χ4v) is 4.75. The first-order valence-electron chi connectivity index (χ1n) is 12.8. The SMILES string of the molecule is CC(Cc1c[nH]c2ccccc12)Nc1nc(Nc2cccc(NC(=O)C(N)Cc3ccccc3)c2)ncc1Br. The third-order valence-electron chi connectivity index (χ3n) is 6.35. The Morgan fingerprint density at radius 1 is 1.00 bits per heavy atom. The standard InChI is InChI=1S/C30H30BrN7O/c1-19(14-21-17-33-27-13-6-5-12-24(21)27)35-28-25(31)18-34-30(38-28)37-23-11-7-10-22(16-23)36-29(39)26(32)15-20-8-3-2-4-9-20/h2-13,16-19,26,33H,14-15,32H2,1H3,(H,36,39)(H2,34,35,37,38). The molecule has 2 unspecified atom stereocenters. The Hall–Kier alpha value is -4.21. The molecule has 2 atom stereocenters.